The van der Waals surface area contributed by atoms with Crippen molar-refractivity contribution in [2.45, 2.75) is 19.8 Å². The number of carbonyl (C=O) groups excluding carboxylic acids is 2. The summed E-state index contributed by atoms with van der Waals surface area (Å²) in [6.07, 6.45) is 4.96. The molecular weight excluding hydrogens is 366 g/mol. The molecule has 0 N–H and O–H groups in total. The first kappa shape index (κ1) is 19.1. The molecule has 0 bridgehead atoms. The Morgan fingerprint density at radius 2 is 1.97 bits per heavy atom. The van der Waals surface area contributed by atoms with E-state index < -0.39 is 0 Å². The van der Waals surface area contributed by atoms with Gasteiger partial charge in [0.05, 0.1) is 29.3 Å². The Morgan fingerprint density at radius 1 is 1.17 bits per heavy atom. The van der Waals surface area contributed by atoms with E-state index in [1.165, 1.54) is 0 Å². The molecule has 1 atom stereocenters. The molecule has 148 valence electrons. The van der Waals surface area contributed by atoms with Gasteiger partial charge in [-0.25, -0.2) is 4.98 Å². The van der Waals surface area contributed by atoms with Gasteiger partial charge in [-0.3, -0.25) is 14.6 Å². The van der Waals surface area contributed by atoms with Gasteiger partial charge < -0.3 is 9.64 Å². The van der Waals surface area contributed by atoms with E-state index in [4.69, 9.17) is 9.72 Å². The van der Waals surface area contributed by atoms with Crippen LogP contribution in [0.3, 0.4) is 0 Å². The quantitative estimate of drug-likeness (QED) is 0.636. The number of carbonyl (C=O) groups is 2. The first-order chi connectivity index (χ1) is 14.2. The third-order valence-corrected chi connectivity index (χ3v) is 5.25. The highest BCUT2D eigenvalue weighted by Gasteiger charge is 2.30. The van der Waals surface area contributed by atoms with Gasteiger partial charge in [0.1, 0.15) is 0 Å². The zero-order chi connectivity index (χ0) is 20.2. The summed E-state index contributed by atoms with van der Waals surface area (Å²) in [6.45, 7) is 3.18. The zero-order valence-corrected chi connectivity index (χ0v) is 16.4. The molecule has 1 fully saturated rings. The van der Waals surface area contributed by atoms with Gasteiger partial charge in [0.25, 0.3) is 5.91 Å². The Kier molecular flexibility index (Phi) is 5.51. The number of para-hydroxylation sites is 1. The molecule has 0 radical (unpaired) electrons. The van der Waals surface area contributed by atoms with Crippen LogP contribution in [0, 0.1) is 5.92 Å². The van der Waals surface area contributed by atoms with E-state index in [9.17, 15) is 9.59 Å². The number of nitrogens with zero attached hydrogens (tertiary/aromatic N) is 3. The van der Waals surface area contributed by atoms with Crippen molar-refractivity contribution in [3.8, 4) is 11.3 Å². The number of pyridine rings is 2. The number of rotatable bonds is 4. The number of amides is 1. The second kappa shape index (κ2) is 8.39. The van der Waals surface area contributed by atoms with Crippen LogP contribution in [0.4, 0.5) is 0 Å². The topological polar surface area (TPSA) is 72.4 Å². The minimum Gasteiger partial charge on any atom is -0.466 e. The summed E-state index contributed by atoms with van der Waals surface area (Å²) in [4.78, 5) is 36.2. The molecule has 0 unspecified atom stereocenters. The fourth-order valence-electron chi connectivity index (χ4n) is 3.81. The van der Waals surface area contributed by atoms with Crippen molar-refractivity contribution < 1.29 is 14.3 Å². The van der Waals surface area contributed by atoms with E-state index in [2.05, 4.69) is 4.98 Å². The molecule has 6 nitrogen and oxygen atoms in total. The Balaban J connectivity index is 1.70. The Labute approximate surface area is 169 Å². The van der Waals surface area contributed by atoms with Crippen LogP contribution >= 0.6 is 0 Å². The van der Waals surface area contributed by atoms with Crippen LogP contribution in [0.25, 0.3) is 22.2 Å². The summed E-state index contributed by atoms with van der Waals surface area (Å²) < 4.78 is 5.17. The lowest BCUT2D eigenvalue weighted by molar-refractivity contribution is -0.149. The maximum Gasteiger partial charge on any atom is 0.310 e. The van der Waals surface area contributed by atoms with Gasteiger partial charge in [0.2, 0.25) is 0 Å². The lowest BCUT2D eigenvalue weighted by Crippen LogP contribution is -2.42. The SMILES string of the molecule is CCOC(=O)[C@@H]1CCCN(C(=O)c2cc(-c3ccncc3)nc3ccccc23)C1. The Hall–Kier alpha value is -3.28. The molecule has 6 heteroatoms. The predicted octanol–water partition coefficient (Wildman–Crippen LogP) is 3.71. The molecule has 0 aliphatic carbocycles. The van der Waals surface area contributed by atoms with Crippen molar-refractivity contribution in [1.29, 1.82) is 0 Å². The Morgan fingerprint density at radius 3 is 2.76 bits per heavy atom. The summed E-state index contributed by atoms with van der Waals surface area (Å²) in [7, 11) is 0. The third-order valence-electron chi connectivity index (χ3n) is 5.25. The van der Waals surface area contributed by atoms with Gasteiger partial charge in [-0.1, -0.05) is 18.2 Å². The first-order valence-corrected chi connectivity index (χ1v) is 9.93. The van der Waals surface area contributed by atoms with Gasteiger partial charge >= 0.3 is 5.97 Å². The van der Waals surface area contributed by atoms with Crippen LogP contribution in [0.1, 0.15) is 30.1 Å². The average Bonchev–Trinajstić information content (AvgIpc) is 2.78. The maximum absolute atomic E-state index is 13.5. The second-order valence-electron chi connectivity index (χ2n) is 7.15. The van der Waals surface area contributed by atoms with Gasteiger partial charge in [-0.2, -0.15) is 0 Å². The number of likely N-dealkylation sites (tertiary alicyclic amines) is 1. The monoisotopic (exact) mass is 389 g/mol. The number of benzene rings is 1. The largest absolute Gasteiger partial charge is 0.466 e. The Bertz CT molecular complexity index is 1040. The summed E-state index contributed by atoms with van der Waals surface area (Å²) in [6, 6.07) is 13.2. The number of piperidine rings is 1. The van der Waals surface area contributed by atoms with Crippen molar-refractivity contribution in [2.75, 3.05) is 19.7 Å². The van der Waals surface area contributed by atoms with Crippen molar-refractivity contribution in [3.63, 3.8) is 0 Å². The van der Waals surface area contributed by atoms with Gasteiger partial charge in [0, 0.05) is 36.4 Å². The molecule has 1 aliphatic heterocycles. The second-order valence-corrected chi connectivity index (χ2v) is 7.15. The normalized spacial score (nSPS) is 16.6. The summed E-state index contributed by atoms with van der Waals surface area (Å²) in [5.74, 6) is -0.560. The molecule has 3 aromatic rings. The van der Waals surface area contributed by atoms with E-state index in [0.717, 1.165) is 35.0 Å². The smallest absolute Gasteiger partial charge is 0.310 e. The van der Waals surface area contributed by atoms with Crippen LogP contribution < -0.4 is 0 Å². The molecule has 0 saturated carbocycles. The highest BCUT2D eigenvalue weighted by molar-refractivity contribution is 6.07. The lowest BCUT2D eigenvalue weighted by atomic mass is 9.96. The van der Waals surface area contributed by atoms with Crippen molar-refractivity contribution >= 4 is 22.8 Å². The predicted molar refractivity (Wildman–Crippen MR) is 110 cm³/mol. The molecule has 1 amide bonds. The molecule has 29 heavy (non-hydrogen) atoms. The fraction of sp³-hybridized carbons (Fsp3) is 0.304. The molecule has 2 aromatic heterocycles. The zero-order valence-electron chi connectivity index (χ0n) is 16.4. The van der Waals surface area contributed by atoms with Crippen molar-refractivity contribution in [2.24, 2.45) is 5.92 Å². The number of ether oxygens (including phenoxy) is 1. The lowest BCUT2D eigenvalue weighted by Gasteiger charge is -2.32. The van der Waals surface area contributed by atoms with Crippen LogP contribution in [0.15, 0.2) is 54.9 Å². The third kappa shape index (κ3) is 3.97. The summed E-state index contributed by atoms with van der Waals surface area (Å²) in [5, 5.41) is 0.813. The molecule has 1 aliphatic rings. The van der Waals surface area contributed by atoms with Crippen molar-refractivity contribution in [3.05, 3.63) is 60.4 Å². The van der Waals surface area contributed by atoms with E-state index in [-0.39, 0.29) is 17.8 Å². The summed E-state index contributed by atoms with van der Waals surface area (Å²) in [5.41, 5.74) is 3.01. The van der Waals surface area contributed by atoms with Crippen LogP contribution in [-0.4, -0.2) is 46.4 Å². The van der Waals surface area contributed by atoms with Crippen LogP contribution in [0.2, 0.25) is 0 Å². The van der Waals surface area contributed by atoms with Gasteiger partial charge in [0.15, 0.2) is 0 Å². The molecular formula is C23H23N3O3. The molecule has 0 spiro atoms. The van der Waals surface area contributed by atoms with Crippen LogP contribution in [-0.2, 0) is 9.53 Å². The van der Waals surface area contributed by atoms with E-state index >= 15 is 0 Å². The van der Waals surface area contributed by atoms with Gasteiger partial charge in [-0.15, -0.1) is 0 Å². The number of aromatic nitrogens is 2. The standard InChI is InChI=1S/C23H23N3O3/c1-2-29-23(28)17-6-5-13-26(15-17)22(27)19-14-21(16-9-11-24-12-10-16)25-20-8-4-3-7-18(19)20/h3-4,7-12,14,17H,2,5-6,13,15H2,1H3/t17-/m1/s1. The number of hydrogen-bond acceptors (Lipinski definition) is 5. The molecule has 1 aromatic carbocycles. The van der Waals surface area contributed by atoms with Crippen LogP contribution in [0.5, 0.6) is 0 Å². The molecule has 3 heterocycles. The van der Waals surface area contributed by atoms with Crippen molar-refractivity contribution in [1.82, 2.24) is 14.9 Å². The van der Waals surface area contributed by atoms with E-state index in [1.807, 2.05) is 42.5 Å². The fourth-order valence-corrected chi connectivity index (χ4v) is 3.81. The first-order valence-electron chi connectivity index (χ1n) is 9.93. The highest BCUT2D eigenvalue weighted by Crippen LogP contribution is 2.27. The number of fused-ring (bicyclic) bond motifs is 1. The molecule has 4 rings (SSSR count). The number of hydrogen-bond donors (Lipinski definition) is 0. The van der Waals surface area contributed by atoms with E-state index in [0.29, 0.717) is 25.3 Å². The highest BCUT2D eigenvalue weighted by atomic mass is 16.5. The number of esters is 1. The average molecular weight is 389 g/mol. The molecule has 1 saturated heterocycles. The van der Waals surface area contributed by atoms with E-state index in [1.54, 1.807) is 24.2 Å². The summed E-state index contributed by atoms with van der Waals surface area (Å²) >= 11 is 0. The maximum atomic E-state index is 13.5. The minimum atomic E-state index is -0.264. The van der Waals surface area contributed by atoms with Gasteiger partial charge in [-0.05, 0) is 44.0 Å². The minimum absolute atomic E-state index is 0.0760.